The smallest absolute Gasteiger partial charge is 0.137 e. The van der Waals surface area contributed by atoms with Crippen molar-refractivity contribution in [2.45, 2.75) is 38.6 Å². The van der Waals surface area contributed by atoms with Gasteiger partial charge in [0.05, 0.1) is 11.3 Å². The Balaban J connectivity index is 2.41. The Kier molecular flexibility index (Phi) is 4.42. The minimum Gasteiger partial charge on any atom is -0.396 e. The first kappa shape index (κ1) is 14.3. The number of rotatable bonds is 4. The van der Waals surface area contributed by atoms with Crippen LogP contribution in [0.3, 0.4) is 0 Å². The largest absolute Gasteiger partial charge is 0.396 e. The number of aliphatic hydroxyl groups excluding tert-OH is 1. The van der Waals surface area contributed by atoms with Gasteiger partial charge in [-0.05, 0) is 32.6 Å². The summed E-state index contributed by atoms with van der Waals surface area (Å²) < 4.78 is 1.86. The van der Waals surface area contributed by atoms with Crippen molar-refractivity contribution >= 4 is 23.0 Å². The molecule has 1 aliphatic heterocycles. The van der Waals surface area contributed by atoms with Crippen molar-refractivity contribution in [3.8, 4) is 0 Å². The molecule has 0 aromatic carbocycles. The Hall–Kier alpha value is -1.14. The van der Waals surface area contributed by atoms with Crippen molar-refractivity contribution in [2.24, 2.45) is 12.8 Å². The lowest BCUT2D eigenvalue weighted by molar-refractivity contribution is 0.261. The van der Waals surface area contributed by atoms with Crippen molar-refractivity contribution < 1.29 is 5.11 Å². The molecule has 1 aromatic heterocycles. The second-order valence-electron chi connectivity index (χ2n) is 5.13. The maximum absolute atomic E-state index is 9.24. The van der Waals surface area contributed by atoms with Gasteiger partial charge in [-0.15, -0.1) is 0 Å². The molecular weight excluding hydrogens is 260 g/mol. The van der Waals surface area contributed by atoms with Gasteiger partial charge in [0.2, 0.25) is 0 Å². The molecule has 5 nitrogen and oxygen atoms in total. The highest BCUT2D eigenvalue weighted by Gasteiger charge is 2.28. The highest BCUT2D eigenvalue weighted by molar-refractivity contribution is 7.80. The molecule has 1 fully saturated rings. The number of hydrogen-bond acceptors (Lipinski definition) is 4. The van der Waals surface area contributed by atoms with Crippen LogP contribution < -0.4 is 10.6 Å². The second-order valence-corrected chi connectivity index (χ2v) is 5.57. The minimum absolute atomic E-state index is 0.209. The lowest BCUT2D eigenvalue weighted by atomic mass is 9.99. The summed E-state index contributed by atoms with van der Waals surface area (Å²) in [6.45, 7) is 3.11. The van der Waals surface area contributed by atoms with E-state index >= 15 is 0 Å². The van der Waals surface area contributed by atoms with E-state index < -0.39 is 0 Å². The van der Waals surface area contributed by atoms with E-state index in [1.807, 2.05) is 18.7 Å². The van der Waals surface area contributed by atoms with Gasteiger partial charge in [-0.25, -0.2) is 0 Å². The molecule has 1 aliphatic rings. The topological polar surface area (TPSA) is 67.3 Å². The summed E-state index contributed by atoms with van der Waals surface area (Å²) in [7, 11) is 1.93. The predicted octanol–water partition coefficient (Wildman–Crippen LogP) is 1.10. The fraction of sp³-hybridized carbons (Fsp3) is 0.692. The lowest BCUT2D eigenvalue weighted by Crippen LogP contribution is -2.42. The molecular formula is C13H22N4OS. The van der Waals surface area contributed by atoms with Crippen LogP contribution >= 0.6 is 12.2 Å². The van der Waals surface area contributed by atoms with Crippen molar-refractivity contribution in [1.82, 2.24) is 9.78 Å². The Morgan fingerprint density at radius 3 is 2.89 bits per heavy atom. The zero-order valence-electron chi connectivity index (χ0n) is 11.6. The summed E-state index contributed by atoms with van der Waals surface area (Å²) in [6, 6.07) is 0.349. The summed E-state index contributed by atoms with van der Waals surface area (Å²) in [5.74, 6) is 1.00. The van der Waals surface area contributed by atoms with Crippen LogP contribution in [0.1, 0.15) is 36.9 Å². The van der Waals surface area contributed by atoms with E-state index in [1.54, 1.807) is 0 Å². The number of anilines is 1. The maximum Gasteiger partial charge on any atom is 0.137 e. The first-order valence-electron chi connectivity index (χ1n) is 6.77. The van der Waals surface area contributed by atoms with Crippen LogP contribution in [0.2, 0.25) is 0 Å². The SMILES string of the molecule is Cc1nn(C)c(N2CCCCC2CCO)c1C(N)=S. The highest BCUT2D eigenvalue weighted by Crippen LogP contribution is 2.30. The van der Waals surface area contributed by atoms with Crippen LogP contribution in [0.5, 0.6) is 0 Å². The van der Waals surface area contributed by atoms with Gasteiger partial charge in [-0.1, -0.05) is 12.2 Å². The Morgan fingerprint density at radius 1 is 1.53 bits per heavy atom. The third-order valence-electron chi connectivity index (χ3n) is 3.80. The van der Waals surface area contributed by atoms with Crippen LogP contribution in [-0.2, 0) is 7.05 Å². The quantitative estimate of drug-likeness (QED) is 0.810. The first-order valence-corrected chi connectivity index (χ1v) is 7.18. The molecule has 106 valence electrons. The number of aromatic nitrogens is 2. The van der Waals surface area contributed by atoms with Crippen LogP contribution in [-0.4, -0.2) is 39.1 Å². The molecule has 0 radical (unpaired) electrons. The van der Waals surface area contributed by atoms with Crippen molar-refractivity contribution in [3.63, 3.8) is 0 Å². The number of aliphatic hydroxyl groups is 1. The molecule has 1 aromatic rings. The highest BCUT2D eigenvalue weighted by atomic mass is 32.1. The summed E-state index contributed by atoms with van der Waals surface area (Å²) in [6.07, 6.45) is 4.24. The van der Waals surface area contributed by atoms with E-state index in [9.17, 15) is 5.11 Å². The molecule has 0 amide bonds. The van der Waals surface area contributed by atoms with E-state index in [0.29, 0.717) is 11.0 Å². The number of hydrogen-bond donors (Lipinski definition) is 2. The van der Waals surface area contributed by atoms with E-state index in [-0.39, 0.29) is 6.61 Å². The lowest BCUT2D eigenvalue weighted by Gasteiger charge is -2.37. The molecule has 1 unspecified atom stereocenters. The van der Waals surface area contributed by atoms with Gasteiger partial charge >= 0.3 is 0 Å². The fourth-order valence-corrected chi connectivity index (χ4v) is 3.23. The van der Waals surface area contributed by atoms with Gasteiger partial charge in [-0.3, -0.25) is 4.68 Å². The molecule has 6 heteroatoms. The van der Waals surface area contributed by atoms with Crippen LogP contribution in [0.25, 0.3) is 0 Å². The normalized spacial score (nSPS) is 19.7. The summed E-state index contributed by atoms with van der Waals surface area (Å²) in [5.41, 5.74) is 7.61. The van der Waals surface area contributed by atoms with Crippen molar-refractivity contribution in [2.75, 3.05) is 18.1 Å². The fourth-order valence-electron chi connectivity index (χ4n) is 2.99. The van der Waals surface area contributed by atoms with E-state index in [0.717, 1.165) is 42.9 Å². The summed E-state index contributed by atoms with van der Waals surface area (Å²) >= 11 is 5.17. The number of aryl methyl sites for hydroxylation is 2. The van der Waals surface area contributed by atoms with Gasteiger partial charge in [0, 0.05) is 26.2 Å². The van der Waals surface area contributed by atoms with Gasteiger partial charge in [0.15, 0.2) is 0 Å². The van der Waals surface area contributed by atoms with Crippen LogP contribution in [0.4, 0.5) is 5.82 Å². The monoisotopic (exact) mass is 282 g/mol. The predicted molar refractivity (Wildman–Crippen MR) is 80.5 cm³/mol. The number of nitrogens with zero attached hydrogens (tertiary/aromatic N) is 3. The van der Waals surface area contributed by atoms with Gasteiger partial charge in [0.1, 0.15) is 10.8 Å². The van der Waals surface area contributed by atoms with Gasteiger partial charge < -0.3 is 15.7 Å². The molecule has 2 rings (SSSR count). The number of nitrogens with two attached hydrogens (primary N) is 1. The molecule has 3 N–H and O–H groups in total. The van der Waals surface area contributed by atoms with Crippen molar-refractivity contribution in [1.29, 1.82) is 0 Å². The van der Waals surface area contributed by atoms with E-state index in [4.69, 9.17) is 18.0 Å². The molecule has 0 bridgehead atoms. The standard InChI is InChI=1S/C13H22N4OS/c1-9-11(12(14)19)13(16(2)15-9)17-7-4-3-5-10(17)6-8-18/h10,18H,3-8H2,1-2H3,(H2,14,19). The van der Waals surface area contributed by atoms with Crippen molar-refractivity contribution in [3.05, 3.63) is 11.3 Å². The molecule has 19 heavy (non-hydrogen) atoms. The Labute approximate surface area is 119 Å². The summed E-state index contributed by atoms with van der Waals surface area (Å²) in [4.78, 5) is 2.71. The maximum atomic E-state index is 9.24. The van der Waals surface area contributed by atoms with Gasteiger partial charge in [0.25, 0.3) is 0 Å². The number of piperidine rings is 1. The van der Waals surface area contributed by atoms with E-state index in [2.05, 4.69) is 10.00 Å². The zero-order valence-corrected chi connectivity index (χ0v) is 12.4. The number of thiocarbonyl (C=S) groups is 1. The van der Waals surface area contributed by atoms with Gasteiger partial charge in [-0.2, -0.15) is 5.10 Å². The molecule has 0 aliphatic carbocycles. The Bertz CT molecular complexity index is 469. The molecule has 1 atom stereocenters. The first-order chi connectivity index (χ1) is 9.06. The van der Waals surface area contributed by atoms with Crippen LogP contribution in [0, 0.1) is 6.92 Å². The average molecular weight is 282 g/mol. The molecule has 0 spiro atoms. The minimum atomic E-state index is 0.209. The molecule has 2 heterocycles. The van der Waals surface area contributed by atoms with E-state index in [1.165, 1.54) is 6.42 Å². The summed E-state index contributed by atoms with van der Waals surface area (Å²) in [5, 5.41) is 13.7. The van der Waals surface area contributed by atoms with Crippen LogP contribution in [0.15, 0.2) is 0 Å². The molecule has 1 saturated heterocycles. The second kappa shape index (κ2) is 5.88. The average Bonchev–Trinajstić information content (AvgIpc) is 2.65. The zero-order chi connectivity index (χ0) is 14.0. The Morgan fingerprint density at radius 2 is 2.26 bits per heavy atom. The molecule has 0 saturated carbocycles. The third kappa shape index (κ3) is 2.74. The third-order valence-corrected chi connectivity index (χ3v) is 4.00.